The largest absolute Gasteiger partial charge is 0.380 e. The molecule has 80 valence electrons. The zero-order valence-corrected chi connectivity index (χ0v) is 9.44. The average Bonchev–Trinajstić information content (AvgIpc) is 2.91. The summed E-state index contributed by atoms with van der Waals surface area (Å²) in [6, 6.07) is 3.35. The van der Waals surface area contributed by atoms with Crippen LogP contribution in [-0.2, 0) is 4.79 Å². The van der Waals surface area contributed by atoms with E-state index >= 15 is 0 Å². The van der Waals surface area contributed by atoms with Crippen molar-refractivity contribution in [2.75, 3.05) is 5.84 Å². The standard InChI is InChI=1S/C9H10BrN3O2/c10-6-1-4-13(11)7(5-6)12-8(14)9(15)2-3-9/h1,4-5,15H,2-3,11H2. The summed E-state index contributed by atoms with van der Waals surface area (Å²) < 4.78 is 2.01. The Morgan fingerprint density at radius 2 is 2.33 bits per heavy atom. The van der Waals surface area contributed by atoms with Gasteiger partial charge in [0.1, 0.15) is 5.60 Å². The van der Waals surface area contributed by atoms with E-state index in [9.17, 15) is 9.90 Å². The molecule has 15 heavy (non-hydrogen) atoms. The fourth-order valence-electron chi connectivity index (χ4n) is 1.10. The highest BCUT2D eigenvalue weighted by atomic mass is 79.9. The van der Waals surface area contributed by atoms with Gasteiger partial charge in [-0.05, 0) is 25.0 Å². The molecule has 0 bridgehead atoms. The number of nitrogens with two attached hydrogens (primary N) is 1. The zero-order chi connectivity index (χ0) is 11.1. The molecule has 0 atom stereocenters. The Morgan fingerprint density at radius 3 is 2.93 bits per heavy atom. The van der Waals surface area contributed by atoms with Crippen molar-refractivity contribution in [2.24, 2.45) is 4.99 Å². The molecule has 0 aromatic carbocycles. The Bertz CT molecular complexity index is 476. The summed E-state index contributed by atoms with van der Waals surface area (Å²) >= 11 is 3.25. The molecule has 0 aliphatic heterocycles. The van der Waals surface area contributed by atoms with E-state index in [1.54, 1.807) is 18.3 Å². The Labute approximate surface area is 94.3 Å². The first-order chi connectivity index (χ1) is 7.01. The normalized spacial score (nSPS) is 18.9. The van der Waals surface area contributed by atoms with Crippen molar-refractivity contribution in [1.29, 1.82) is 0 Å². The molecule has 0 radical (unpaired) electrons. The van der Waals surface area contributed by atoms with Gasteiger partial charge >= 0.3 is 0 Å². The minimum atomic E-state index is -1.24. The van der Waals surface area contributed by atoms with Crippen molar-refractivity contribution in [2.45, 2.75) is 18.4 Å². The van der Waals surface area contributed by atoms with Crippen LogP contribution in [0.3, 0.4) is 0 Å². The van der Waals surface area contributed by atoms with Gasteiger partial charge in [-0.3, -0.25) is 9.47 Å². The number of carbonyl (C=O) groups excluding carboxylic acids is 1. The van der Waals surface area contributed by atoms with Gasteiger partial charge < -0.3 is 10.9 Å². The van der Waals surface area contributed by atoms with E-state index in [0.717, 1.165) is 4.47 Å². The number of amides is 1. The van der Waals surface area contributed by atoms with Crippen molar-refractivity contribution in [1.82, 2.24) is 4.68 Å². The topological polar surface area (TPSA) is 80.6 Å². The third kappa shape index (κ3) is 2.10. The summed E-state index contributed by atoms with van der Waals surface area (Å²) in [5.41, 5.74) is -0.926. The smallest absolute Gasteiger partial charge is 0.279 e. The third-order valence-corrected chi connectivity index (χ3v) is 2.76. The molecule has 1 amide bonds. The van der Waals surface area contributed by atoms with Crippen LogP contribution in [0.5, 0.6) is 0 Å². The van der Waals surface area contributed by atoms with Gasteiger partial charge in [0, 0.05) is 10.7 Å². The van der Waals surface area contributed by atoms with E-state index in [1.807, 2.05) is 0 Å². The van der Waals surface area contributed by atoms with Crippen molar-refractivity contribution < 1.29 is 9.90 Å². The van der Waals surface area contributed by atoms with Gasteiger partial charge in [-0.2, -0.15) is 4.99 Å². The molecule has 1 aromatic heterocycles. The monoisotopic (exact) mass is 271 g/mol. The van der Waals surface area contributed by atoms with Gasteiger partial charge in [-0.15, -0.1) is 0 Å². The first kappa shape index (κ1) is 10.4. The predicted molar refractivity (Wildman–Crippen MR) is 57.0 cm³/mol. The van der Waals surface area contributed by atoms with E-state index in [0.29, 0.717) is 18.3 Å². The summed E-state index contributed by atoms with van der Waals surface area (Å²) in [5.74, 6) is 5.04. The van der Waals surface area contributed by atoms with Crippen LogP contribution in [0, 0.1) is 0 Å². The first-order valence-electron chi connectivity index (χ1n) is 4.46. The Hall–Kier alpha value is -1.14. The Morgan fingerprint density at radius 1 is 1.67 bits per heavy atom. The number of hydrogen-bond donors (Lipinski definition) is 2. The summed E-state index contributed by atoms with van der Waals surface area (Å²) in [6.07, 6.45) is 2.54. The SMILES string of the molecule is Nn1ccc(Br)cc1=NC(=O)C1(O)CC1. The van der Waals surface area contributed by atoms with Crippen molar-refractivity contribution in [3.63, 3.8) is 0 Å². The number of carbonyl (C=O) groups is 1. The van der Waals surface area contributed by atoms with Gasteiger partial charge in [0.05, 0.1) is 0 Å². The molecule has 0 unspecified atom stereocenters. The lowest BCUT2D eigenvalue weighted by Crippen LogP contribution is -2.31. The molecule has 1 fully saturated rings. The molecule has 1 saturated carbocycles. The minimum absolute atomic E-state index is 0.315. The number of nitrogen functional groups attached to an aromatic ring is 1. The van der Waals surface area contributed by atoms with Crippen LogP contribution in [0.1, 0.15) is 12.8 Å². The van der Waals surface area contributed by atoms with E-state index in [2.05, 4.69) is 20.9 Å². The maximum atomic E-state index is 11.5. The van der Waals surface area contributed by atoms with Crippen LogP contribution in [0.25, 0.3) is 0 Å². The number of pyridine rings is 1. The van der Waals surface area contributed by atoms with E-state index < -0.39 is 11.5 Å². The van der Waals surface area contributed by atoms with Gasteiger partial charge in [0.15, 0.2) is 5.49 Å². The van der Waals surface area contributed by atoms with Crippen LogP contribution < -0.4 is 11.3 Å². The zero-order valence-electron chi connectivity index (χ0n) is 7.85. The molecule has 2 rings (SSSR count). The van der Waals surface area contributed by atoms with Crippen molar-refractivity contribution in [3.8, 4) is 0 Å². The second-order valence-corrected chi connectivity index (χ2v) is 4.47. The molecule has 1 aromatic rings. The van der Waals surface area contributed by atoms with Gasteiger partial charge in [0.25, 0.3) is 5.91 Å². The minimum Gasteiger partial charge on any atom is -0.380 e. The summed E-state index contributed by atoms with van der Waals surface area (Å²) in [4.78, 5) is 15.2. The highest BCUT2D eigenvalue weighted by Gasteiger charge is 2.48. The van der Waals surface area contributed by atoms with Crippen LogP contribution in [0.2, 0.25) is 0 Å². The number of aromatic nitrogens is 1. The second-order valence-electron chi connectivity index (χ2n) is 3.56. The molecular formula is C9H10BrN3O2. The number of aliphatic hydroxyl groups is 1. The molecule has 1 heterocycles. The maximum absolute atomic E-state index is 11.5. The van der Waals surface area contributed by atoms with Gasteiger partial charge in [-0.1, -0.05) is 15.9 Å². The van der Waals surface area contributed by atoms with Crippen LogP contribution in [0.15, 0.2) is 27.8 Å². The van der Waals surface area contributed by atoms with Gasteiger partial charge in [0.2, 0.25) is 0 Å². The fraction of sp³-hybridized carbons (Fsp3) is 0.333. The lowest BCUT2D eigenvalue weighted by molar-refractivity contribution is -0.128. The lowest BCUT2D eigenvalue weighted by atomic mass is 10.3. The fourth-order valence-corrected chi connectivity index (χ4v) is 1.43. The van der Waals surface area contributed by atoms with Crippen molar-refractivity contribution >= 4 is 21.8 Å². The van der Waals surface area contributed by atoms with E-state index in [1.165, 1.54) is 4.68 Å². The van der Waals surface area contributed by atoms with Crippen LogP contribution >= 0.6 is 15.9 Å². The molecule has 1 aliphatic carbocycles. The van der Waals surface area contributed by atoms with E-state index in [4.69, 9.17) is 5.84 Å². The lowest BCUT2D eigenvalue weighted by Gasteiger charge is -2.02. The molecular weight excluding hydrogens is 262 g/mol. The van der Waals surface area contributed by atoms with Gasteiger partial charge in [-0.25, -0.2) is 0 Å². The Balaban J connectivity index is 2.40. The quantitative estimate of drug-likeness (QED) is 0.701. The highest BCUT2D eigenvalue weighted by Crippen LogP contribution is 2.35. The summed E-state index contributed by atoms with van der Waals surface area (Å²) in [7, 11) is 0. The number of nitrogens with zero attached hydrogens (tertiary/aromatic N) is 2. The first-order valence-corrected chi connectivity index (χ1v) is 5.25. The summed E-state index contributed by atoms with van der Waals surface area (Å²) in [6.45, 7) is 0. The van der Waals surface area contributed by atoms with Crippen LogP contribution in [-0.4, -0.2) is 21.3 Å². The number of halogens is 1. The maximum Gasteiger partial charge on any atom is 0.279 e. The molecule has 3 N–H and O–H groups in total. The highest BCUT2D eigenvalue weighted by molar-refractivity contribution is 9.10. The predicted octanol–water partition coefficient (Wildman–Crippen LogP) is -0.0834. The molecule has 0 spiro atoms. The average molecular weight is 272 g/mol. The second kappa shape index (κ2) is 3.46. The molecule has 1 aliphatic rings. The third-order valence-electron chi connectivity index (χ3n) is 2.26. The number of rotatable bonds is 1. The molecule has 0 saturated heterocycles. The van der Waals surface area contributed by atoms with Crippen LogP contribution in [0.4, 0.5) is 0 Å². The van der Waals surface area contributed by atoms with Crippen molar-refractivity contribution in [3.05, 3.63) is 28.3 Å². The van der Waals surface area contributed by atoms with E-state index in [-0.39, 0.29) is 0 Å². The molecule has 5 nitrogen and oxygen atoms in total. The number of hydrogen-bond acceptors (Lipinski definition) is 3. The molecule has 6 heteroatoms. The Kier molecular flexibility index (Phi) is 2.40. The summed E-state index contributed by atoms with van der Waals surface area (Å²) in [5, 5.41) is 9.51.